The molecule has 94 valence electrons. The number of carbonyl (C=O) groups excluding carboxylic acids is 1. The molecule has 0 aromatic carbocycles. The fraction of sp³-hybridized carbons (Fsp3) is 0.917. The molecule has 2 N–H and O–H groups in total. The second-order valence-electron chi connectivity index (χ2n) is 4.94. The summed E-state index contributed by atoms with van der Waals surface area (Å²) in [6, 6.07) is 0.0419. The fourth-order valence-corrected chi connectivity index (χ4v) is 2.33. The van der Waals surface area contributed by atoms with Crippen LogP contribution in [0.3, 0.4) is 0 Å². The molecule has 0 bridgehead atoms. The number of urea groups is 1. The van der Waals surface area contributed by atoms with Crippen LogP contribution in [0.4, 0.5) is 9.18 Å². The molecule has 0 radical (unpaired) electrons. The Balaban J connectivity index is 2.19. The molecule has 1 aliphatic carbocycles. The summed E-state index contributed by atoms with van der Waals surface area (Å²) in [5.41, 5.74) is 0. The highest BCUT2D eigenvalue weighted by molar-refractivity contribution is 5.74. The van der Waals surface area contributed by atoms with E-state index >= 15 is 0 Å². The maximum Gasteiger partial charge on any atom is 0.315 e. The number of hydrogen-bond acceptors (Lipinski definition) is 1. The fourth-order valence-electron chi connectivity index (χ4n) is 2.33. The van der Waals surface area contributed by atoms with Crippen LogP contribution in [0.1, 0.15) is 39.5 Å². The Morgan fingerprint density at radius 3 is 2.44 bits per heavy atom. The zero-order valence-electron chi connectivity index (χ0n) is 10.3. The van der Waals surface area contributed by atoms with Gasteiger partial charge in [0.2, 0.25) is 0 Å². The minimum absolute atomic E-state index is 0.104. The average Bonchev–Trinajstić information content (AvgIpc) is 2.27. The van der Waals surface area contributed by atoms with Crippen molar-refractivity contribution in [2.24, 2.45) is 11.8 Å². The van der Waals surface area contributed by atoms with Gasteiger partial charge in [0.05, 0.1) is 0 Å². The molecule has 0 unspecified atom stereocenters. The number of amides is 2. The van der Waals surface area contributed by atoms with Crippen molar-refractivity contribution in [3.05, 3.63) is 0 Å². The molecule has 0 aromatic rings. The predicted octanol–water partition coefficient (Wildman–Crippen LogP) is 2.47. The molecule has 4 heteroatoms. The molecule has 0 saturated heterocycles. The quantitative estimate of drug-likeness (QED) is 0.765. The Morgan fingerprint density at radius 1 is 1.31 bits per heavy atom. The summed E-state index contributed by atoms with van der Waals surface area (Å²) < 4.78 is 11.8. The van der Waals surface area contributed by atoms with Gasteiger partial charge in [-0.15, -0.1) is 0 Å². The monoisotopic (exact) mass is 230 g/mol. The standard InChI is InChI=1S/C12H23FN2O/c1-9(2)10-3-5-11(6-4-10)15-12(16)14-8-7-13/h9-11H,3-8H2,1-2H3,(H2,14,15,16). The van der Waals surface area contributed by atoms with Crippen LogP contribution in [0.25, 0.3) is 0 Å². The van der Waals surface area contributed by atoms with Crippen molar-refractivity contribution in [3.8, 4) is 0 Å². The van der Waals surface area contributed by atoms with E-state index < -0.39 is 6.67 Å². The van der Waals surface area contributed by atoms with Crippen LogP contribution in [0.2, 0.25) is 0 Å². The molecule has 1 aliphatic rings. The smallest absolute Gasteiger partial charge is 0.315 e. The van der Waals surface area contributed by atoms with Gasteiger partial charge < -0.3 is 10.6 Å². The van der Waals surface area contributed by atoms with E-state index in [1.165, 1.54) is 12.8 Å². The Labute approximate surface area is 97.2 Å². The molecule has 16 heavy (non-hydrogen) atoms. The van der Waals surface area contributed by atoms with Crippen molar-refractivity contribution in [3.63, 3.8) is 0 Å². The van der Waals surface area contributed by atoms with Gasteiger partial charge in [-0.25, -0.2) is 9.18 Å². The molecule has 1 fully saturated rings. The molecule has 0 spiro atoms. The Hall–Kier alpha value is -0.800. The molecule has 3 nitrogen and oxygen atoms in total. The normalized spacial score (nSPS) is 25.5. The molecule has 1 rings (SSSR count). The lowest BCUT2D eigenvalue weighted by Crippen LogP contribution is -2.44. The second kappa shape index (κ2) is 6.71. The number of nitrogens with one attached hydrogen (secondary N) is 2. The van der Waals surface area contributed by atoms with E-state index in [0.717, 1.165) is 24.7 Å². The van der Waals surface area contributed by atoms with Gasteiger partial charge in [0.15, 0.2) is 0 Å². The van der Waals surface area contributed by atoms with Gasteiger partial charge in [0.1, 0.15) is 6.67 Å². The SMILES string of the molecule is CC(C)C1CCC(NC(=O)NCCF)CC1. The van der Waals surface area contributed by atoms with Crippen LogP contribution in [0.5, 0.6) is 0 Å². The van der Waals surface area contributed by atoms with Crippen molar-refractivity contribution < 1.29 is 9.18 Å². The zero-order chi connectivity index (χ0) is 12.0. The number of hydrogen-bond donors (Lipinski definition) is 2. The van der Waals surface area contributed by atoms with Crippen LogP contribution in [-0.2, 0) is 0 Å². The Bertz CT molecular complexity index is 213. The first-order valence-corrected chi connectivity index (χ1v) is 6.23. The van der Waals surface area contributed by atoms with Crippen LogP contribution < -0.4 is 10.6 Å². The zero-order valence-corrected chi connectivity index (χ0v) is 10.3. The molecule has 0 aromatic heterocycles. The molecule has 1 saturated carbocycles. The van der Waals surface area contributed by atoms with E-state index in [1.54, 1.807) is 0 Å². The summed E-state index contributed by atoms with van der Waals surface area (Å²) >= 11 is 0. The van der Waals surface area contributed by atoms with Crippen molar-refractivity contribution in [2.45, 2.75) is 45.6 Å². The highest BCUT2D eigenvalue weighted by atomic mass is 19.1. The summed E-state index contributed by atoms with van der Waals surface area (Å²) in [6.07, 6.45) is 4.47. The first-order valence-electron chi connectivity index (χ1n) is 6.23. The number of carbonyl (C=O) groups is 1. The lowest BCUT2D eigenvalue weighted by atomic mass is 9.80. The average molecular weight is 230 g/mol. The van der Waals surface area contributed by atoms with E-state index in [4.69, 9.17) is 0 Å². The minimum atomic E-state index is -0.506. The van der Waals surface area contributed by atoms with E-state index in [-0.39, 0.29) is 18.6 Å². The molecule has 0 aliphatic heterocycles. The van der Waals surface area contributed by atoms with Crippen LogP contribution in [0, 0.1) is 11.8 Å². The Morgan fingerprint density at radius 2 is 1.94 bits per heavy atom. The highest BCUT2D eigenvalue weighted by Crippen LogP contribution is 2.29. The van der Waals surface area contributed by atoms with Crippen molar-refractivity contribution in [2.75, 3.05) is 13.2 Å². The van der Waals surface area contributed by atoms with Gasteiger partial charge in [0.25, 0.3) is 0 Å². The van der Waals surface area contributed by atoms with E-state index in [9.17, 15) is 9.18 Å². The first-order chi connectivity index (χ1) is 7.63. The largest absolute Gasteiger partial charge is 0.336 e. The van der Waals surface area contributed by atoms with Crippen molar-refractivity contribution in [1.82, 2.24) is 10.6 Å². The van der Waals surface area contributed by atoms with Gasteiger partial charge >= 0.3 is 6.03 Å². The number of halogens is 1. The third-order valence-electron chi connectivity index (χ3n) is 3.43. The van der Waals surface area contributed by atoms with Crippen LogP contribution in [-0.4, -0.2) is 25.3 Å². The summed E-state index contributed by atoms with van der Waals surface area (Å²) in [5.74, 6) is 1.54. The second-order valence-corrected chi connectivity index (χ2v) is 4.94. The topological polar surface area (TPSA) is 41.1 Å². The molecular formula is C12H23FN2O. The predicted molar refractivity (Wildman–Crippen MR) is 63.1 cm³/mol. The molecule has 0 heterocycles. The molecule has 0 atom stereocenters. The summed E-state index contributed by atoms with van der Waals surface area (Å²) in [6.45, 7) is 4.11. The van der Waals surface area contributed by atoms with Crippen molar-refractivity contribution in [1.29, 1.82) is 0 Å². The van der Waals surface area contributed by atoms with Crippen LogP contribution in [0.15, 0.2) is 0 Å². The van der Waals surface area contributed by atoms with Gasteiger partial charge in [-0.1, -0.05) is 13.8 Å². The van der Waals surface area contributed by atoms with E-state index in [0.29, 0.717) is 0 Å². The number of rotatable bonds is 4. The summed E-state index contributed by atoms with van der Waals surface area (Å²) in [4.78, 5) is 11.3. The number of alkyl halides is 1. The summed E-state index contributed by atoms with van der Waals surface area (Å²) in [7, 11) is 0. The molecule has 2 amide bonds. The lowest BCUT2D eigenvalue weighted by molar-refractivity contribution is 0.215. The maximum atomic E-state index is 11.8. The van der Waals surface area contributed by atoms with E-state index in [1.807, 2.05) is 0 Å². The summed E-state index contributed by atoms with van der Waals surface area (Å²) in [5, 5.41) is 5.38. The van der Waals surface area contributed by atoms with Gasteiger partial charge in [-0.3, -0.25) is 0 Å². The molecular weight excluding hydrogens is 207 g/mol. The van der Waals surface area contributed by atoms with Crippen molar-refractivity contribution >= 4 is 6.03 Å². The first kappa shape index (κ1) is 13.3. The highest BCUT2D eigenvalue weighted by Gasteiger charge is 2.23. The third-order valence-corrected chi connectivity index (χ3v) is 3.43. The maximum absolute atomic E-state index is 11.8. The Kier molecular flexibility index (Phi) is 5.56. The van der Waals surface area contributed by atoms with Gasteiger partial charge in [-0.2, -0.15) is 0 Å². The van der Waals surface area contributed by atoms with Gasteiger partial charge in [-0.05, 0) is 37.5 Å². The lowest BCUT2D eigenvalue weighted by Gasteiger charge is -2.31. The third kappa shape index (κ3) is 4.37. The minimum Gasteiger partial charge on any atom is -0.336 e. The van der Waals surface area contributed by atoms with E-state index in [2.05, 4.69) is 24.5 Å². The van der Waals surface area contributed by atoms with Gasteiger partial charge in [0, 0.05) is 12.6 Å². The van der Waals surface area contributed by atoms with Crippen LogP contribution >= 0.6 is 0 Å².